The standard InChI is InChI=1S/C22H28N2.2BrH.Fe/c1-13-9-15(3)21(16(4)10-13)23-19(7)20(8)24-22-17(5)11-14(2)12-18(22)6;;;/h9-12H,1-8H3;2*1H;/q;;;+2/p-2. The van der Waals surface area contributed by atoms with E-state index in [1.807, 2.05) is 13.8 Å². The van der Waals surface area contributed by atoms with Crippen molar-refractivity contribution in [1.82, 2.24) is 0 Å². The van der Waals surface area contributed by atoms with Crippen molar-refractivity contribution in [3.8, 4) is 0 Å². The average Bonchev–Trinajstić information content (AvgIpc) is 2.54. The number of hydrogen-bond donors (Lipinski definition) is 0. The molecule has 27 heavy (non-hydrogen) atoms. The van der Waals surface area contributed by atoms with E-state index >= 15 is 0 Å². The molecule has 0 fully saturated rings. The fourth-order valence-electron chi connectivity index (χ4n) is 3.19. The molecule has 0 aliphatic heterocycles. The van der Waals surface area contributed by atoms with Crippen molar-refractivity contribution in [3.63, 3.8) is 0 Å². The van der Waals surface area contributed by atoms with Gasteiger partial charge in [0, 0.05) is 0 Å². The van der Waals surface area contributed by atoms with Crippen LogP contribution in [0.4, 0.5) is 11.4 Å². The van der Waals surface area contributed by atoms with Gasteiger partial charge in [0.05, 0.1) is 22.8 Å². The maximum atomic E-state index is 4.86. The van der Waals surface area contributed by atoms with Crippen LogP contribution in [-0.4, -0.2) is 11.4 Å². The van der Waals surface area contributed by atoms with Crippen molar-refractivity contribution in [2.45, 2.75) is 55.4 Å². The second-order valence-corrected chi connectivity index (χ2v) is 12.5. The zero-order valence-corrected chi connectivity index (χ0v) is 21.6. The van der Waals surface area contributed by atoms with Gasteiger partial charge in [-0.1, -0.05) is 35.4 Å². The Balaban J connectivity index is 0.00000114. The van der Waals surface area contributed by atoms with E-state index in [2.05, 4.69) is 94.0 Å². The molecule has 2 aromatic rings. The zero-order chi connectivity index (χ0) is 20.7. The molecule has 0 atom stereocenters. The molecule has 2 rings (SSSR count). The number of aryl methyl sites for hydroxylation is 6. The van der Waals surface area contributed by atoms with Crippen molar-refractivity contribution in [1.29, 1.82) is 0 Å². The van der Waals surface area contributed by atoms with Gasteiger partial charge in [-0.15, -0.1) is 0 Å². The monoisotopic (exact) mass is 534 g/mol. The van der Waals surface area contributed by atoms with Crippen LogP contribution in [-0.2, 0) is 11.3 Å². The van der Waals surface area contributed by atoms with Gasteiger partial charge in [-0.05, 0) is 77.6 Å². The third kappa shape index (κ3) is 7.30. The number of hydrogen-bond acceptors (Lipinski definition) is 2. The van der Waals surface area contributed by atoms with Gasteiger partial charge in [0.2, 0.25) is 0 Å². The molecule has 0 spiro atoms. The summed E-state index contributed by atoms with van der Waals surface area (Å²) in [5.74, 6) is 0. The molecule has 0 radical (unpaired) electrons. The summed E-state index contributed by atoms with van der Waals surface area (Å²) in [4.78, 5) is 9.72. The number of nitrogens with zero attached hydrogens (tertiary/aromatic N) is 2. The van der Waals surface area contributed by atoms with Crippen molar-refractivity contribution in [3.05, 3.63) is 57.6 Å². The normalized spacial score (nSPS) is 12.1. The Kier molecular flexibility index (Phi) is 10.2. The first kappa shape index (κ1) is 24.3. The van der Waals surface area contributed by atoms with Crippen LogP contribution in [0.15, 0.2) is 34.3 Å². The first-order valence-electron chi connectivity index (χ1n) is 8.72. The summed E-state index contributed by atoms with van der Waals surface area (Å²) in [5.41, 5.74) is 11.4. The summed E-state index contributed by atoms with van der Waals surface area (Å²) in [5, 5.41) is 0. The Labute approximate surface area is 184 Å². The fourth-order valence-corrected chi connectivity index (χ4v) is 3.19. The van der Waals surface area contributed by atoms with Crippen molar-refractivity contribution >= 4 is 51.0 Å². The number of benzene rings is 2. The van der Waals surface area contributed by atoms with Crippen LogP contribution in [0, 0.1) is 41.5 Å². The van der Waals surface area contributed by atoms with Gasteiger partial charge in [-0.25, -0.2) is 0 Å². The van der Waals surface area contributed by atoms with E-state index in [-0.39, 0.29) is 0 Å². The van der Waals surface area contributed by atoms with E-state index in [4.69, 9.17) is 9.98 Å². The van der Waals surface area contributed by atoms with Crippen LogP contribution in [0.2, 0.25) is 0 Å². The second-order valence-electron chi connectivity index (χ2n) is 6.94. The van der Waals surface area contributed by atoms with Gasteiger partial charge in [0.1, 0.15) is 0 Å². The first-order chi connectivity index (χ1) is 12.6. The molecule has 0 bridgehead atoms. The molecular weight excluding hydrogens is 508 g/mol. The van der Waals surface area contributed by atoms with Crippen LogP contribution < -0.4 is 0 Å². The topological polar surface area (TPSA) is 24.7 Å². The average molecular weight is 536 g/mol. The van der Waals surface area contributed by atoms with Gasteiger partial charge in [0.15, 0.2) is 0 Å². The number of halogens is 2. The fraction of sp³-hybridized carbons (Fsp3) is 0.364. The molecular formula is C22H28Br2FeN2. The minimum atomic E-state index is 0.875. The molecule has 2 aromatic carbocycles. The van der Waals surface area contributed by atoms with Gasteiger partial charge in [-0.3, -0.25) is 9.98 Å². The van der Waals surface area contributed by atoms with Gasteiger partial charge in [-0.2, -0.15) is 0 Å². The summed E-state index contributed by atoms with van der Waals surface area (Å²) in [6, 6.07) is 8.72. The van der Waals surface area contributed by atoms with E-state index < -0.39 is 0 Å². The molecule has 0 unspecified atom stereocenters. The van der Waals surface area contributed by atoms with Gasteiger partial charge >= 0.3 is 39.6 Å². The predicted octanol–water partition coefficient (Wildman–Crippen LogP) is 8.11. The summed E-state index contributed by atoms with van der Waals surface area (Å²) >= 11 is 7.00. The van der Waals surface area contributed by atoms with E-state index in [1.165, 1.54) is 33.4 Å². The Hall–Kier alpha value is -0.741. The zero-order valence-electron chi connectivity index (χ0n) is 17.3. The van der Waals surface area contributed by atoms with Crippen LogP contribution >= 0.6 is 28.2 Å². The van der Waals surface area contributed by atoms with Gasteiger partial charge in [0.25, 0.3) is 0 Å². The molecule has 5 heteroatoms. The Morgan fingerprint density at radius 3 is 1.07 bits per heavy atom. The predicted molar refractivity (Wildman–Crippen MR) is 125 cm³/mol. The summed E-state index contributed by atoms with van der Waals surface area (Å²) < 4.78 is 0. The maximum absolute atomic E-state index is 4.86. The quantitative estimate of drug-likeness (QED) is 0.280. The number of aliphatic imine (C=N–C) groups is 2. The Bertz CT molecular complexity index is 753. The third-order valence-electron chi connectivity index (χ3n) is 4.35. The van der Waals surface area contributed by atoms with Crippen molar-refractivity contribution in [2.75, 3.05) is 0 Å². The molecule has 2 nitrogen and oxygen atoms in total. The SMILES string of the molecule is CC(=Nc1c(C)cc(C)cc1C)C(C)=Nc1c(C)cc(C)cc1C.[Br][Fe][Br]. The second kappa shape index (κ2) is 11.3. The third-order valence-corrected chi connectivity index (χ3v) is 4.35. The van der Waals surface area contributed by atoms with Crippen LogP contribution in [0.1, 0.15) is 47.2 Å². The molecule has 0 amide bonds. The molecule has 0 aliphatic carbocycles. The minimum absolute atomic E-state index is 0.875. The van der Waals surface area contributed by atoms with Crippen LogP contribution in [0.25, 0.3) is 0 Å². The van der Waals surface area contributed by atoms with E-state index in [1.54, 1.807) is 0 Å². The van der Waals surface area contributed by atoms with Crippen molar-refractivity contribution in [2.24, 2.45) is 9.98 Å². The summed E-state index contributed by atoms with van der Waals surface area (Å²) in [7, 11) is 0. The summed E-state index contributed by atoms with van der Waals surface area (Å²) in [6.07, 6.45) is 0. The van der Waals surface area contributed by atoms with Gasteiger partial charge < -0.3 is 0 Å². The molecule has 148 valence electrons. The van der Waals surface area contributed by atoms with E-state index in [0.717, 1.165) is 34.1 Å². The Morgan fingerprint density at radius 1 is 0.630 bits per heavy atom. The van der Waals surface area contributed by atoms with E-state index in [0.29, 0.717) is 0 Å². The van der Waals surface area contributed by atoms with Crippen molar-refractivity contribution < 1.29 is 11.3 Å². The molecule has 0 N–H and O–H groups in total. The molecule has 0 aliphatic rings. The molecule has 0 saturated carbocycles. The molecule has 0 aromatic heterocycles. The first-order valence-corrected chi connectivity index (χ1v) is 14.2. The van der Waals surface area contributed by atoms with Crippen LogP contribution in [0.3, 0.4) is 0 Å². The Morgan fingerprint density at radius 2 is 0.852 bits per heavy atom. The molecule has 0 saturated heterocycles. The van der Waals surface area contributed by atoms with Crippen LogP contribution in [0.5, 0.6) is 0 Å². The number of rotatable bonds is 3. The molecule has 0 heterocycles. The van der Waals surface area contributed by atoms with E-state index in [9.17, 15) is 0 Å². The summed E-state index contributed by atoms with van der Waals surface area (Å²) in [6.45, 7) is 16.8.